The second-order valence-electron chi connectivity index (χ2n) is 7.77. The van der Waals surface area contributed by atoms with E-state index in [9.17, 15) is 18.4 Å². The van der Waals surface area contributed by atoms with E-state index < -0.39 is 22.8 Å². The Morgan fingerprint density at radius 3 is 1.43 bits per heavy atom. The highest BCUT2D eigenvalue weighted by atomic mass is 35.5. The summed E-state index contributed by atoms with van der Waals surface area (Å²) in [6.07, 6.45) is 0. The molecule has 42 heavy (non-hydrogen) atoms. The molecule has 16 heteroatoms. The average molecular weight is 720 g/mol. The minimum atomic E-state index is -1.31. The van der Waals surface area contributed by atoms with Crippen LogP contribution in [0.3, 0.4) is 0 Å². The van der Waals surface area contributed by atoms with Crippen molar-refractivity contribution in [1.82, 2.24) is 9.97 Å². The van der Waals surface area contributed by atoms with Gasteiger partial charge in [0.2, 0.25) is 0 Å². The van der Waals surface area contributed by atoms with Gasteiger partial charge in [0.05, 0.1) is 55.7 Å². The fourth-order valence-electron chi connectivity index (χ4n) is 3.37. The van der Waals surface area contributed by atoms with E-state index in [4.69, 9.17) is 95.8 Å². The molecular formula is C26H13Cl7F2N2O5. The number of aromatic carboxylic acids is 1. The number of pyridine rings is 2. The molecule has 0 spiro atoms. The van der Waals surface area contributed by atoms with E-state index in [1.165, 1.54) is 44.6 Å². The predicted octanol–water partition coefficient (Wildman–Crippen LogP) is 9.79. The standard InChI is InChI=1S/C13H6Cl4FNO2.C13H7Cl3FNO3/c1-21-12-6(14)3-2-5(10(12)18)11-9(16)7(15)4-8(19-11)13(17)20;1-21-12-6(14)3-2-5(10(12)17)11-9(16)7(15)4-8(18-11)13(19)20/h2-4H,1H3;2-4H,1H3,(H,19,20). The molecule has 2 heterocycles. The summed E-state index contributed by atoms with van der Waals surface area (Å²) >= 11 is 40.8. The fraction of sp³-hybridized carbons (Fsp3) is 0.0769. The van der Waals surface area contributed by atoms with E-state index in [2.05, 4.69) is 9.97 Å². The van der Waals surface area contributed by atoms with Crippen molar-refractivity contribution in [2.45, 2.75) is 0 Å². The highest BCUT2D eigenvalue weighted by molar-refractivity contribution is 6.67. The number of nitrogens with zero attached hydrogens (tertiary/aromatic N) is 2. The van der Waals surface area contributed by atoms with Gasteiger partial charge in [0.25, 0.3) is 5.24 Å². The van der Waals surface area contributed by atoms with Gasteiger partial charge in [-0.1, -0.05) is 69.6 Å². The number of carbonyl (C=O) groups excluding carboxylic acids is 1. The molecule has 0 saturated heterocycles. The number of carbonyl (C=O) groups is 2. The first-order valence-corrected chi connectivity index (χ1v) is 13.6. The summed E-state index contributed by atoms with van der Waals surface area (Å²) in [6, 6.07) is 7.76. The first-order valence-electron chi connectivity index (χ1n) is 10.9. The summed E-state index contributed by atoms with van der Waals surface area (Å²) in [5.41, 5.74) is -0.703. The minimum Gasteiger partial charge on any atom is -0.492 e. The summed E-state index contributed by atoms with van der Waals surface area (Å²) in [7, 11) is 2.53. The van der Waals surface area contributed by atoms with Crippen molar-refractivity contribution >= 4 is 92.4 Å². The molecule has 4 rings (SSSR count). The molecule has 0 aliphatic rings. The third-order valence-electron chi connectivity index (χ3n) is 5.26. The van der Waals surface area contributed by atoms with Crippen molar-refractivity contribution in [2.75, 3.05) is 14.2 Å². The molecular weight excluding hydrogens is 706 g/mol. The van der Waals surface area contributed by atoms with Crippen molar-refractivity contribution in [3.63, 3.8) is 0 Å². The van der Waals surface area contributed by atoms with E-state index in [-0.39, 0.29) is 75.5 Å². The molecule has 0 radical (unpaired) electrons. The van der Waals surface area contributed by atoms with Crippen LogP contribution in [0, 0.1) is 11.6 Å². The molecule has 1 N–H and O–H groups in total. The SMILES string of the molecule is COc1c(Cl)ccc(-c2nc(C(=O)Cl)cc(Cl)c2Cl)c1F.COc1c(Cl)ccc(-c2nc(C(=O)O)cc(Cl)c2Cl)c1F. The van der Waals surface area contributed by atoms with E-state index in [1.807, 2.05) is 0 Å². The summed E-state index contributed by atoms with van der Waals surface area (Å²) in [5, 5.41) is 8.20. The van der Waals surface area contributed by atoms with Gasteiger partial charge < -0.3 is 14.6 Å². The number of hydrogen-bond acceptors (Lipinski definition) is 6. The zero-order valence-corrected chi connectivity index (χ0v) is 26.1. The van der Waals surface area contributed by atoms with Crippen LogP contribution in [0.5, 0.6) is 11.5 Å². The fourth-order valence-corrected chi connectivity index (χ4v) is 4.69. The lowest BCUT2D eigenvalue weighted by molar-refractivity contribution is 0.0690. The van der Waals surface area contributed by atoms with Crippen LogP contribution in [0.25, 0.3) is 22.5 Å². The van der Waals surface area contributed by atoms with E-state index in [0.29, 0.717) is 0 Å². The monoisotopic (exact) mass is 716 g/mol. The van der Waals surface area contributed by atoms with E-state index >= 15 is 0 Å². The van der Waals surface area contributed by atoms with Gasteiger partial charge >= 0.3 is 5.97 Å². The Labute approximate surface area is 271 Å². The average Bonchev–Trinajstić information content (AvgIpc) is 2.93. The normalized spacial score (nSPS) is 10.5. The maximum absolute atomic E-state index is 14.4. The van der Waals surface area contributed by atoms with Crippen molar-refractivity contribution in [3.05, 3.63) is 89.6 Å². The number of methoxy groups -OCH3 is 2. The number of aromatic nitrogens is 2. The molecule has 0 atom stereocenters. The van der Waals surface area contributed by atoms with Crippen LogP contribution in [0.1, 0.15) is 21.0 Å². The smallest absolute Gasteiger partial charge is 0.354 e. The van der Waals surface area contributed by atoms with Gasteiger partial charge in [-0.05, 0) is 48.0 Å². The Bertz CT molecular complexity index is 1600. The molecule has 0 unspecified atom stereocenters. The topological polar surface area (TPSA) is 98.6 Å². The maximum Gasteiger partial charge on any atom is 0.354 e. The van der Waals surface area contributed by atoms with Crippen LogP contribution in [0.15, 0.2) is 36.4 Å². The summed E-state index contributed by atoms with van der Waals surface area (Å²) in [4.78, 5) is 30.0. The van der Waals surface area contributed by atoms with E-state index in [0.717, 1.165) is 6.07 Å². The Morgan fingerprint density at radius 2 is 1.07 bits per heavy atom. The van der Waals surface area contributed by atoms with Crippen molar-refractivity contribution in [3.8, 4) is 34.0 Å². The lowest BCUT2D eigenvalue weighted by Gasteiger charge is -2.11. The van der Waals surface area contributed by atoms with Gasteiger partial charge in [-0.15, -0.1) is 0 Å². The molecule has 0 aliphatic carbocycles. The van der Waals surface area contributed by atoms with Crippen LogP contribution in [-0.2, 0) is 0 Å². The molecule has 7 nitrogen and oxygen atoms in total. The Balaban J connectivity index is 0.000000230. The molecule has 0 fully saturated rings. The van der Waals surface area contributed by atoms with Gasteiger partial charge in [0.15, 0.2) is 28.8 Å². The predicted molar refractivity (Wildman–Crippen MR) is 160 cm³/mol. The first-order chi connectivity index (χ1) is 19.7. The second-order valence-corrected chi connectivity index (χ2v) is 10.5. The van der Waals surface area contributed by atoms with E-state index in [1.54, 1.807) is 0 Å². The lowest BCUT2D eigenvalue weighted by Crippen LogP contribution is -2.03. The molecule has 0 aliphatic heterocycles. The number of hydrogen-bond donors (Lipinski definition) is 1. The highest BCUT2D eigenvalue weighted by Gasteiger charge is 2.22. The Hall–Kier alpha value is -2.63. The zero-order valence-electron chi connectivity index (χ0n) is 20.8. The molecule has 2 aromatic carbocycles. The third kappa shape index (κ3) is 7.11. The van der Waals surface area contributed by atoms with Gasteiger partial charge in [0.1, 0.15) is 5.69 Å². The summed E-state index contributed by atoms with van der Waals surface area (Å²) < 4.78 is 38.5. The number of benzene rings is 2. The zero-order chi connectivity index (χ0) is 31.5. The lowest BCUT2D eigenvalue weighted by atomic mass is 10.1. The van der Waals surface area contributed by atoms with Gasteiger partial charge in [0, 0.05) is 11.1 Å². The van der Waals surface area contributed by atoms with Crippen molar-refractivity contribution in [1.29, 1.82) is 0 Å². The first kappa shape index (κ1) is 33.9. The van der Waals surface area contributed by atoms with Crippen LogP contribution in [0.4, 0.5) is 8.78 Å². The Morgan fingerprint density at radius 1 is 0.690 bits per heavy atom. The van der Waals surface area contributed by atoms with Crippen LogP contribution < -0.4 is 9.47 Å². The molecule has 0 bridgehead atoms. The molecule has 0 amide bonds. The number of rotatable bonds is 6. The third-order valence-corrected chi connectivity index (χ3v) is 7.61. The molecule has 0 saturated carbocycles. The summed E-state index contributed by atoms with van der Waals surface area (Å²) in [5.74, 6) is -3.24. The van der Waals surface area contributed by atoms with Gasteiger partial charge in [-0.3, -0.25) is 4.79 Å². The van der Waals surface area contributed by atoms with Gasteiger partial charge in [-0.25, -0.2) is 23.5 Å². The molecule has 2 aromatic heterocycles. The number of halogens is 9. The highest BCUT2D eigenvalue weighted by Crippen LogP contribution is 2.40. The number of ether oxygens (including phenoxy) is 2. The van der Waals surface area contributed by atoms with Crippen LogP contribution in [-0.4, -0.2) is 40.5 Å². The minimum absolute atomic E-state index is 0.0112. The number of carboxylic acids is 1. The Kier molecular flexibility index (Phi) is 11.5. The largest absolute Gasteiger partial charge is 0.492 e. The quantitative estimate of drug-likeness (QED) is 0.198. The van der Waals surface area contributed by atoms with Crippen molar-refractivity contribution in [2.24, 2.45) is 0 Å². The molecule has 4 aromatic rings. The maximum atomic E-state index is 14.4. The van der Waals surface area contributed by atoms with Crippen LogP contribution >= 0.6 is 81.2 Å². The van der Waals surface area contributed by atoms with Crippen LogP contribution in [0.2, 0.25) is 30.1 Å². The summed E-state index contributed by atoms with van der Waals surface area (Å²) in [6.45, 7) is 0. The second kappa shape index (κ2) is 14.2. The van der Waals surface area contributed by atoms with Gasteiger partial charge in [-0.2, -0.15) is 0 Å². The molecule has 220 valence electrons. The number of carboxylic acid groups (broad SMARTS) is 1. The van der Waals surface area contributed by atoms with Crippen molar-refractivity contribution < 1.29 is 33.0 Å².